The molecule has 0 heterocycles. The van der Waals surface area contributed by atoms with Crippen molar-refractivity contribution >= 4 is 0 Å². The molecule has 0 fully saturated rings. The van der Waals surface area contributed by atoms with Gasteiger partial charge in [0.15, 0.2) is 11.6 Å². The zero-order valence-electron chi connectivity index (χ0n) is 7.93. The number of aryl methyl sites for hydroxylation is 1. The van der Waals surface area contributed by atoms with Gasteiger partial charge in [0.2, 0.25) is 0 Å². The van der Waals surface area contributed by atoms with Gasteiger partial charge in [0.05, 0.1) is 0 Å². The molecule has 0 saturated carbocycles. The standard InChI is InChI=1S/C10H13F2NO/c1-6(13)2-3-7-4-8(11)5-9(12)10(7)14/h4-6,14H,2-3,13H2,1H3/t6-/m0/s1. The van der Waals surface area contributed by atoms with Crippen LogP contribution in [0.2, 0.25) is 0 Å². The Morgan fingerprint density at radius 3 is 2.64 bits per heavy atom. The molecule has 0 bridgehead atoms. The van der Waals surface area contributed by atoms with Crippen LogP contribution in [-0.4, -0.2) is 11.1 Å². The highest BCUT2D eigenvalue weighted by Crippen LogP contribution is 2.23. The summed E-state index contributed by atoms with van der Waals surface area (Å²) in [6.45, 7) is 1.80. The first-order valence-electron chi connectivity index (χ1n) is 4.43. The zero-order valence-corrected chi connectivity index (χ0v) is 7.93. The molecule has 0 radical (unpaired) electrons. The van der Waals surface area contributed by atoms with Gasteiger partial charge in [0, 0.05) is 12.1 Å². The van der Waals surface area contributed by atoms with Crippen molar-refractivity contribution in [2.24, 2.45) is 5.73 Å². The Morgan fingerprint density at radius 2 is 2.07 bits per heavy atom. The molecule has 78 valence electrons. The Hall–Kier alpha value is -1.16. The van der Waals surface area contributed by atoms with E-state index in [4.69, 9.17) is 5.73 Å². The van der Waals surface area contributed by atoms with E-state index in [1.54, 1.807) is 6.92 Å². The molecule has 0 saturated heterocycles. The molecule has 1 aromatic rings. The third kappa shape index (κ3) is 2.67. The van der Waals surface area contributed by atoms with Gasteiger partial charge in [-0.15, -0.1) is 0 Å². The molecule has 1 atom stereocenters. The quantitative estimate of drug-likeness (QED) is 0.785. The summed E-state index contributed by atoms with van der Waals surface area (Å²) in [7, 11) is 0. The number of hydrogen-bond donors (Lipinski definition) is 2. The summed E-state index contributed by atoms with van der Waals surface area (Å²) in [5, 5.41) is 9.25. The molecule has 3 N–H and O–H groups in total. The number of hydrogen-bond acceptors (Lipinski definition) is 2. The van der Waals surface area contributed by atoms with E-state index in [0.717, 1.165) is 6.07 Å². The van der Waals surface area contributed by atoms with Gasteiger partial charge in [0.25, 0.3) is 0 Å². The third-order valence-electron chi connectivity index (χ3n) is 1.98. The third-order valence-corrected chi connectivity index (χ3v) is 1.98. The van der Waals surface area contributed by atoms with Crippen molar-refractivity contribution in [3.8, 4) is 5.75 Å². The lowest BCUT2D eigenvalue weighted by molar-refractivity contribution is 0.419. The number of phenols is 1. The van der Waals surface area contributed by atoms with Gasteiger partial charge in [-0.25, -0.2) is 8.78 Å². The summed E-state index contributed by atoms with van der Waals surface area (Å²) in [6, 6.07) is 1.73. The van der Waals surface area contributed by atoms with Crippen molar-refractivity contribution in [2.75, 3.05) is 0 Å². The summed E-state index contributed by atoms with van der Waals surface area (Å²) < 4.78 is 25.6. The van der Waals surface area contributed by atoms with E-state index < -0.39 is 17.4 Å². The van der Waals surface area contributed by atoms with E-state index in [-0.39, 0.29) is 11.6 Å². The lowest BCUT2D eigenvalue weighted by Gasteiger charge is -2.07. The van der Waals surface area contributed by atoms with E-state index in [9.17, 15) is 13.9 Å². The van der Waals surface area contributed by atoms with Gasteiger partial charge in [-0.1, -0.05) is 0 Å². The molecule has 0 spiro atoms. The van der Waals surface area contributed by atoms with E-state index >= 15 is 0 Å². The van der Waals surface area contributed by atoms with Crippen LogP contribution in [0.3, 0.4) is 0 Å². The minimum Gasteiger partial charge on any atom is -0.505 e. The minimum atomic E-state index is -0.926. The zero-order chi connectivity index (χ0) is 10.7. The van der Waals surface area contributed by atoms with Gasteiger partial charge in [-0.2, -0.15) is 0 Å². The summed E-state index contributed by atoms with van der Waals surface area (Å²) in [4.78, 5) is 0. The fraction of sp³-hybridized carbons (Fsp3) is 0.400. The first-order valence-corrected chi connectivity index (χ1v) is 4.43. The minimum absolute atomic E-state index is 0.0549. The Morgan fingerprint density at radius 1 is 1.43 bits per heavy atom. The lowest BCUT2D eigenvalue weighted by atomic mass is 10.1. The molecule has 1 rings (SSSR count). The lowest BCUT2D eigenvalue weighted by Crippen LogP contribution is -2.15. The number of aromatic hydroxyl groups is 1. The number of benzene rings is 1. The molecule has 0 unspecified atom stereocenters. The maximum Gasteiger partial charge on any atom is 0.168 e. The summed E-state index contributed by atoms with van der Waals surface area (Å²) >= 11 is 0. The fourth-order valence-electron chi connectivity index (χ4n) is 1.19. The van der Waals surface area contributed by atoms with Crippen molar-refractivity contribution < 1.29 is 13.9 Å². The fourth-order valence-corrected chi connectivity index (χ4v) is 1.19. The summed E-state index contributed by atoms with van der Waals surface area (Å²) in [5.74, 6) is -2.09. The topological polar surface area (TPSA) is 46.2 Å². The van der Waals surface area contributed by atoms with Crippen molar-refractivity contribution in [3.63, 3.8) is 0 Å². The van der Waals surface area contributed by atoms with Crippen molar-refractivity contribution in [1.82, 2.24) is 0 Å². The molecule has 14 heavy (non-hydrogen) atoms. The van der Waals surface area contributed by atoms with Crippen LogP contribution in [0.15, 0.2) is 12.1 Å². The molecule has 2 nitrogen and oxygen atoms in total. The molecule has 0 aliphatic heterocycles. The second kappa shape index (κ2) is 4.37. The number of rotatable bonds is 3. The Labute approximate surface area is 81.4 Å². The molecule has 0 aromatic heterocycles. The first kappa shape index (κ1) is 10.9. The average Bonchev–Trinajstić information content (AvgIpc) is 2.08. The van der Waals surface area contributed by atoms with Gasteiger partial charge in [0.1, 0.15) is 5.82 Å². The summed E-state index contributed by atoms with van der Waals surface area (Å²) in [6.07, 6.45) is 0.953. The molecule has 1 aromatic carbocycles. The monoisotopic (exact) mass is 201 g/mol. The van der Waals surface area contributed by atoms with Crippen LogP contribution >= 0.6 is 0 Å². The Balaban J connectivity index is 2.85. The van der Waals surface area contributed by atoms with Gasteiger partial charge < -0.3 is 10.8 Å². The maximum absolute atomic E-state index is 12.8. The normalized spacial score (nSPS) is 12.9. The second-order valence-corrected chi connectivity index (χ2v) is 3.41. The van der Waals surface area contributed by atoms with E-state index in [2.05, 4.69) is 0 Å². The Kier molecular flexibility index (Phi) is 3.41. The van der Waals surface area contributed by atoms with Crippen molar-refractivity contribution in [2.45, 2.75) is 25.8 Å². The molecular weight excluding hydrogens is 188 g/mol. The van der Waals surface area contributed by atoms with Gasteiger partial charge in [-0.05, 0) is 31.4 Å². The maximum atomic E-state index is 12.8. The van der Waals surface area contributed by atoms with Crippen LogP contribution < -0.4 is 5.73 Å². The second-order valence-electron chi connectivity index (χ2n) is 3.41. The summed E-state index contributed by atoms with van der Waals surface area (Å²) in [5.41, 5.74) is 5.76. The van der Waals surface area contributed by atoms with Crippen LogP contribution in [0.25, 0.3) is 0 Å². The Bertz CT molecular complexity index is 326. The highest BCUT2D eigenvalue weighted by Gasteiger charge is 2.10. The van der Waals surface area contributed by atoms with Gasteiger partial charge in [-0.3, -0.25) is 0 Å². The van der Waals surface area contributed by atoms with Crippen LogP contribution in [-0.2, 0) is 6.42 Å². The first-order chi connectivity index (χ1) is 6.50. The molecule has 0 aliphatic rings. The highest BCUT2D eigenvalue weighted by molar-refractivity contribution is 5.34. The number of halogens is 2. The largest absolute Gasteiger partial charge is 0.505 e. The van der Waals surface area contributed by atoms with Crippen molar-refractivity contribution in [1.29, 1.82) is 0 Å². The number of nitrogens with two attached hydrogens (primary N) is 1. The van der Waals surface area contributed by atoms with Crippen LogP contribution in [0.4, 0.5) is 8.78 Å². The number of phenolic OH excluding ortho intramolecular Hbond substituents is 1. The van der Waals surface area contributed by atoms with E-state index in [0.29, 0.717) is 18.9 Å². The van der Waals surface area contributed by atoms with E-state index in [1.807, 2.05) is 0 Å². The predicted octanol–water partition coefficient (Wildman–Crippen LogP) is 1.95. The van der Waals surface area contributed by atoms with E-state index in [1.165, 1.54) is 0 Å². The van der Waals surface area contributed by atoms with Crippen LogP contribution in [0.5, 0.6) is 5.75 Å². The molecular formula is C10H13F2NO. The molecule has 0 amide bonds. The molecule has 0 aliphatic carbocycles. The van der Waals surface area contributed by atoms with Crippen LogP contribution in [0, 0.1) is 11.6 Å². The van der Waals surface area contributed by atoms with Gasteiger partial charge >= 0.3 is 0 Å². The SMILES string of the molecule is C[C@H](N)CCc1cc(F)cc(F)c1O. The van der Waals surface area contributed by atoms with Crippen LogP contribution in [0.1, 0.15) is 18.9 Å². The molecule has 4 heteroatoms. The smallest absolute Gasteiger partial charge is 0.168 e. The highest BCUT2D eigenvalue weighted by atomic mass is 19.1. The van der Waals surface area contributed by atoms with Crippen molar-refractivity contribution in [3.05, 3.63) is 29.3 Å². The predicted molar refractivity (Wildman–Crippen MR) is 50.0 cm³/mol. The average molecular weight is 201 g/mol.